The Kier molecular flexibility index (Phi) is 4.26. The van der Waals surface area contributed by atoms with Crippen LogP contribution in [0.5, 0.6) is 5.75 Å². The van der Waals surface area contributed by atoms with Crippen LogP contribution in [0.2, 0.25) is 5.02 Å². The van der Waals surface area contributed by atoms with Crippen LogP contribution in [0.15, 0.2) is 53.1 Å². The number of nitriles is 1. The highest BCUT2D eigenvalue weighted by molar-refractivity contribution is 6.32. The fourth-order valence-electron chi connectivity index (χ4n) is 1.94. The van der Waals surface area contributed by atoms with Crippen molar-refractivity contribution < 1.29 is 13.5 Å². The van der Waals surface area contributed by atoms with Gasteiger partial charge >= 0.3 is 0 Å². The van der Waals surface area contributed by atoms with Gasteiger partial charge in [0.25, 0.3) is 0 Å². The van der Waals surface area contributed by atoms with Gasteiger partial charge in [0.1, 0.15) is 30.1 Å². The summed E-state index contributed by atoms with van der Waals surface area (Å²) in [6.45, 7) is 0.163. The van der Waals surface area contributed by atoms with E-state index in [4.69, 9.17) is 26.0 Å². The normalized spacial score (nSPS) is 10.3. The van der Waals surface area contributed by atoms with Crippen molar-refractivity contribution in [3.63, 3.8) is 0 Å². The molecule has 2 aromatic carbocycles. The molecule has 3 aromatic rings. The molecule has 0 unspecified atom stereocenters. The zero-order valence-electron chi connectivity index (χ0n) is 11.8. The zero-order valence-corrected chi connectivity index (χ0v) is 12.5. The van der Waals surface area contributed by atoms with Crippen molar-refractivity contribution in [2.24, 2.45) is 0 Å². The Labute approximate surface area is 136 Å². The topological polar surface area (TPSA) is 59.0 Å². The Balaban J connectivity index is 1.70. The van der Waals surface area contributed by atoms with Crippen LogP contribution in [0.4, 0.5) is 4.39 Å². The number of halogens is 2. The first kappa shape index (κ1) is 15.1. The van der Waals surface area contributed by atoms with Gasteiger partial charge in [-0.2, -0.15) is 5.26 Å². The van der Waals surface area contributed by atoms with Gasteiger partial charge in [-0.1, -0.05) is 11.6 Å². The average Bonchev–Trinajstić information content (AvgIpc) is 3.03. The molecule has 0 aliphatic rings. The van der Waals surface area contributed by atoms with Gasteiger partial charge in [0.05, 0.1) is 16.7 Å². The third-order valence-electron chi connectivity index (χ3n) is 3.08. The Morgan fingerprint density at radius 2 is 2.00 bits per heavy atom. The number of aromatic nitrogens is 1. The van der Waals surface area contributed by atoms with Crippen LogP contribution in [0.25, 0.3) is 11.5 Å². The fraction of sp³-hybridized carbons (Fsp3) is 0.0588. The molecule has 0 radical (unpaired) electrons. The fourth-order valence-corrected chi connectivity index (χ4v) is 2.17. The molecule has 0 saturated carbocycles. The van der Waals surface area contributed by atoms with Gasteiger partial charge in [-0.15, -0.1) is 0 Å². The molecule has 1 aromatic heterocycles. The molecule has 0 spiro atoms. The minimum atomic E-state index is -0.320. The first-order valence-corrected chi connectivity index (χ1v) is 7.06. The molecule has 0 saturated heterocycles. The third kappa shape index (κ3) is 3.50. The van der Waals surface area contributed by atoms with Crippen LogP contribution < -0.4 is 4.74 Å². The minimum absolute atomic E-state index is 0.163. The second kappa shape index (κ2) is 6.51. The zero-order chi connectivity index (χ0) is 16.2. The molecule has 0 aliphatic heterocycles. The van der Waals surface area contributed by atoms with Gasteiger partial charge in [-0.25, -0.2) is 9.37 Å². The monoisotopic (exact) mass is 328 g/mol. The largest absolute Gasteiger partial charge is 0.486 e. The van der Waals surface area contributed by atoms with E-state index in [9.17, 15) is 4.39 Å². The molecule has 4 nitrogen and oxygen atoms in total. The summed E-state index contributed by atoms with van der Waals surface area (Å²) in [6.07, 6.45) is 1.47. The third-order valence-corrected chi connectivity index (χ3v) is 3.37. The van der Waals surface area contributed by atoms with E-state index >= 15 is 0 Å². The quantitative estimate of drug-likeness (QED) is 0.703. The second-order valence-electron chi connectivity index (χ2n) is 4.70. The van der Waals surface area contributed by atoms with Gasteiger partial charge < -0.3 is 9.15 Å². The lowest BCUT2D eigenvalue weighted by Gasteiger charge is -2.05. The summed E-state index contributed by atoms with van der Waals surface area (Å²) in [5, 5.41) is 9.15. The highest BCUT2D eigenvalue weighted by Crippen LogP contribution is 2.26. The molecule has 3 rings (SSSR count). The van der Waals surface area contributed by atoms with Crippen LogP contribution in [-0.2, 0) is 6.61 Å². The second-order valence-corrected chi connectivity index (χ2v) is 5.10. The van der Waals surface area contributed by atoms with Crippen molar-refractivity contribution in [3.8, 4) is 23.3 Å². The maximum absolute atomic E-state index is 12.9. The lowest BCUT2D eigenvalue weighted by atomic mass is 10.2. The van der Waals surface area contributed by atoms with Gasteiger partial charge in [0.2, 0.25) is 5.89 Å². The Hall–Kier alpha value is -2.84. The standard InChI is InChI=1S/C17H10ClFN2O2/c18-15-7-11(8-20)1-6-16(15)22-9-14-10-23-17(21-14)12-2-4-13(19)5-3-12/h1-7,10H,9H2. The number of oxazole rings is 1. The summed E-state index contributed by atoms with van der Waals surface area (Å²) in [5.74, 6) is 0.519. The number of hydrogen-bond donors (Lipinski definition) is 0. The molecule has 23 heavy (non-hydrogen) atoms. The molecular weight excluding hydrogens is 319 g/mol. The summed E-state index contributed by atoms with van der Waals surface area (Å²) < 4.78 is 23.8. The van der Waals surface area contributed by atoms with E-state index in [0.29, 0.717) is 33.5 Å². The molecule has 0 amide bonds. The van der Waals surface area contributed by atoms with Crippen molar-refractivity contribution >= 4 is 11.6 Å². The SMILES string of the molecule is N#Cc1ccc(OCc2coc(-c3ccc(F)cc3)n2)c(Cl)c1. The molecule has 0 bridgehead atoms. The first-order chi connectivity index (χ1) is 11.2. The Morgan fingerprint density at radius 1 is 1.22 bits per heavy atom. The van der Waals surface area contributed by atoms with E-state index in [0.717, 1.165) is 0 Å². The van der Waals surface area contributed by atoms with E-state index < -0.39 is 0 Å². The number of rotatable bonds is 4. The van der Waals surface area contributed by atoms with Gasteiger partial charge in [-0.3, -0.25) is 0 Å². The van der Waals surface area contributed by atoms with Crippen molar-refractivity contribution in [2.75, 3.05) is 0 Å². The van der Waals surface area contributed by atoms with Crippen LogP contribution in [0, 0.1) is 17.1 Å². The number of ether oxygens (including phenoxy) is 1. The summed E-state index contributed by atoms with van der Waals surface area (Å²) in [7, 11) is 0. The van der Waals surface area contributed by atoms with Crippen LogP contribution in [0.1, 0.15) is 11.3 Å². The Bertz CT molecular complexity index is 869. The summed E-state index contributed by atoms with van der Waals surface area (Å²) in [5.41, 5.74) is 1.71. The number of nitrogens with zero attached hydrogens (tertiary/aromatic N) is 2. The molecule has 0 atom stereocenters. The van der Waals surface area contributed by atoms with E-state index in [1.165, 1.54) is 24.5 Å². The van der Waals surface area contributed by atoms with Crippen molar-refractivity contribution in [2.45, 2.75) is 6.61 Å². The molecule has 0 N–H and O–H groups in total. The lowest BCUT2D eigenvalue weighted by molar-refractivity contribution is 0.301. The number of benzene rings is 2. The molecule has 1 heterocycles. The summed E-state index contributed by atoms with van der Waals surface area (Å²) in [6, 6.07) is 12.6. The molecular formula is C17H10ClFN2O2. The van der Waals surface area contributed by atoms with Gasteiger partial charge in [-0.05, 0) is 42.5 Å². The Morgan fingerprint density at radius 3 is 2.70 bits per heavy atom. The smallest absolute Gasteiger partial charge is 0.226 e. The van der Waals surface area contributed by atoms with E-state index in [2.05, 4.69) is 4.98 Å². The first-order valence-electron chi connectivity index (χ1n) is 6.68. The highest BCUT2D eigenvalue weighted by atomic mass is 35.5. The lowest BCUT2D eigenvalue weighted by Crippen LogP contribution is -1.96. The minimum Gasteiger partial charge on any atom is -0.486 e. The average molecular weight is 329 g/mol. The van der Waals surface area contributed by atoms with Gasteiger partial charge in [0.15, 0.2) is 0 Å². The molecule has 114 valence electrons. The van der Waals surface area contributed by atoms with Crippen LogP contribution >= 0.6 is 11.6 Å². The predicted octanol–water partition coefficient (Wildman–Crippen LogP) is 4.58. The highest BCUT2D eigenvalue weighted by Gasteiger charge is 2.09. The molecule has 6 heteroatoms. The van der Waals surface area contributed by atoms with E-state index in [1.54, 1.807) is 24.3 Å². The van der Waals surface area contributed by atoms with Crippen molar-refractivity contribution in [3.05, 3.63) is 70.8 Å². The summed E-state index contributed by atoms with van der Waals surface area (Å²) in [4.78, 5) is 4.28. The van der Waals surface area contributed by atoms with Crippen LogP contribution in [0.3, 0.4) is 0 Å². The van der Waals surface area contributed by atoms with E-state index in [-0.39, 0.29) is 12.4 Å². The van der Waals surface area contributed by atoms with Gasteiger partial charge in [0, 0.05) is 5.56 Å². The number of hydrogen-bond acceptors (Lipinski definition) is 4. The van der Waals surface area contributed by atoms with Crippen molar-refractivity contribution in [1.29, 1.82) is 5.26 Å². The summed E-state index contributed by atoms with van der Waals surface area (Å²) >= 11 is 6.03. The van der Waals surface area contributed by atoms with Crippen molar-refractivity contribution in [1.82, 2.24) is 4.98 Å². The molecule has 0 fully saturated rings. The maximum atomic E-state index is 12.9. The maximum Gasteiger partial charge on any atom is 0.226 e. The van der Waals surface area contributed by atoms with E-state index in [1.807, 2.05) is 6.07 Å². The van der Waals surface area contributed by atoms with Crippen LogP contribution in [-0.4, -0.2) is 4.98 Å². The molecule has 0 aliphatic carbocycles. The predicted molar refractivity (Wildman–Crippen MR) is 82.4 cm³/mol.